The molecule has 0 aliphatic carbocycles. The van der Waals surface area contributed by atoms with Crippen molar-refractivity contribution >= 4 is 13.1 Å². The largest absolute Gasteiger partial charge is 0.481 e. The first-order valence-corrected chi connectivity index (χ1v) is 7.37. The van der Waals surface area contributed by atoms with Gasteiger partial charge in [0.1, 0.15) is 5.82 Å². The molecule has 4 nitrogen and oxygen atoms in total. The van der Waals surface area contributed by atoms with Crippen molar-refractivity contribution in [3.8, 4) is 0 Å². The lowest BCUT2D eigenvalue weighted by Crippen LogP contribution is -2.41. The number of carboxylic acids is 1. The first kappa shape index (κ1) is 17.0. The lowest BCUT2D eigenvalue weighted by atomic mass is 9.65. The van der Waals surface area contributed by atoms with Crippen LogP contribution in [-0.2, 0) is 14.1 Å². The zero-order valence-electron chi connectivity index (χ0n) is 13.6. The van der Waals surface area contributed by atoms with Gasteiger partial charge in [-0.2, -0.15) is 0 Å². The lowest BCUT2D eigenvalue weighted by molar-refractivity contribution is -0.137. The average Bonchev–Trinajstić information content (AvgIpc) is 2.56. The van der Waals surface area contributed by atoms with Gasteiger partial charge in [-0.3, -0.25) is 4.79 Å². The number of carbonyl (C=O) groups is 1. The SMILES string of the molecule is Cc1cc(F)ccc1C(CC(=O)O)B1OC(C)(C)C(C)(C)O1. The second kappa shape index (κ2) is 5.67. The smallest absolute Gasteiger partial charge is 0.466 e. The maximum Gasteiger partial charge on any atom is 0.466 e. The van der Waals surface area contributed by atoms with E-state index in [9.17, 15) is 14.3 Å². The number of halogens is 1. The van der Waals surface area contributed by atoms with Crippen LogP contribution in [0.2, 0.25) is 0 Å². The molecule has 120 valence electrons. The highest BCUT2D eigenvalue weighted by Gasteiger charge is 2.54. The molecule has 0 radical (unpaired) electrons. The Balaban J connectivity index is 2.38. The highest BCUT2D eigenvalue weighted by molar-refractivity contribution is 6.48. The number of aryl methyl sites for hydroxylation is 1. The summed E-state index contributed by atoms with van der Waals surface area (Å²) < 4.78 is 25.3. The van der Waals surface area contributed by atoms with E-state index in [0.717, 1.165) is 5.56 Å². The Kier molecular flexibility index (Phi) is 4.37. The van der Waals surface area contributed by atoms with Crippen LogP contribution in [-0.4, -0.2) is 29.4 Å². The molecule has 1 aromatic rings. The quantitative estimate of drug-likeness (QED) is 0.867. The molecule has 1 aliphatic rings. The van der Waals surface area contributed by atoms with E-state index in [1.54, 1.807) is 13.0 Å². The molecular formula is C16H22BFO4. The van der Waals surface area contributed by atoms with Gasteiger partial charge >= 0.3 is 13.1 Å². The molecular weight excluding hydrogens is 286 g/mol. The molecule has 0 amide bonds. The molecule has 1 atom stereocenters. The Morgan fingerprint density at radius 1 is 1.27 bits per heavy atom. The minimum Gasteiger partial charge on any atom is -0.481 e. The molecule has 1 aliphatic heterocycles. The van der Waals surface area contributed by atoms with E-state index < -0.39 is 30.1 Å². The predicted molar refractivity (Wildman–Crippen MR) is 82.2 cm³/mol. The van der Waals surface area contributed by atoms with Gasteiger partial charge in [0, 0.05) is 5.82 Å². The Morgan fingerprint density at radius 2 is 1.82 bits per heavy atom. The minimum absolute atomic E-state index is 0.136. The topological polar surface area (TPSA) is 55.8 Å². The Labute approximate surface area is 130 Å². The Hall–Kier alpha value is -1.40. The van der Waals surface area contributed by atoms with Crippen molar-refractivity contribution in [2.45, 2.75) is 58.1 Å². The highest BCUT2D eigenvalue weighted by atomic mass is 19.1. The molecule has 1 saturated heterocycles. The maximum absolute atomic E-state index is 13.3. The van der Waals surface area contributed by atoms with Crippen LogP contribution in [0.3, 0.4) is 0 Å². The van der Waals surface area contributed by atoms with Crippen molar-refractivity contribution < 1.29 is 23.6 Å². The molecule has 0 bridgehead atoms. The molecule has 2 rings (SSSR count). The number of hydrogen-bond acceptors (Lipinski definition) is 3. The van der Waals surface area contributed by atoms with Crippen molar-refractivity contribution in [3.05, 3.63) is 35.1 Å². The summed E-state index contributed by atoms with van der Waals surface area (Å²) in [6.45, 7) is 9.44. The summed E-state index contributed by atoms with van der Waals surface area (Å²) >= 11 is 0. The normalized spacial score (nSPS) is 20.9. The van der Waals surface area contributed by atoms with Crippen LogP contribution in [0.1, 0.15) is 51.1 Å². The van der Waals surface area contributed by atoms with Crippen LogP contribution in [0.15, 0.2) is 18.2 Å². The third-order valence-corrected chi connectivity index (χ3v) is 4.63. The summed E-state index contributed by atoms with van der Waals surface area (Å²) in [5.74, 6) is -1.77. The summed E-state index contributed by atoms with van der Waals surface area (Å²) in [5, 5.41) is 9.23. The van der Waals surface area contributed by atoms with Crippen LogP contribution in [0.4, 0.5) is 4.39 Å². The summed E-state index contributed by atoms with van der Waals surface area (Å²) in [4.78, 5) is 11.3. The van der Waals surface area contributed by atoms with E-state index in [4.69, 9.17) is 9.31 Å². The molecule has 1 aromatic carbocycles. The fourth-order valence-corrected chi connectivity index (χ4v) is 2.65. The van der Waals surface area contributed by atoms with Gasteiger partial charge in [0.25, 0.3) is 0 Å². The van der Waals surface area contributed by atoms with Gasteiger partial charge in [-0.1, -0.05) is 6.07 Å². The minimum atomic E-state index is -0.941. The average molecular weight is 308 g/mol. The number of hydrogen-bond donors (Lipinski definition) is 1. The van der Waals surface area contributed by atoms with Gasteiger partial charge < -0.3 is 14.4 Å². The van der Waals surface area contributed by atoms with E-state index in [0.29, 0.717) is 5.56 Å². The van der Waals surface area contributed by atoms with E-state index in [1.807, 2.05) is 27.7 Å². The summed E-state index contributed by atoms with van der Waals surface area (Å²) in [5.41, 5.74) is 0.355. The lowest BCUT2D eigenvalue weighted by Gasteiger charge is -2.32. The standard InChI is InChI=1S/C16H22BFO4/c1-10-8-11(18)6-7-12(10)13(9-14(19)20)17-21-15(2,3)16(4,5)22-17/h6-8,13H,9H2,1-5H3,(H,19,20). The Bertz CT molecular complexity index is 570. The van der Waals surface area contributed by atoms with Crippen LogP contribution in [0.5, 0.6) is 0 Å². The van der Waals surface area contributed by atoms with Crippen LogP contribution >= 0.6 is 0 Å². The molecule has 1 fully saturated rings. The van der Waals surface area contributed by atoms with Crippen LogP contribution in [0, 0.1) is 12.7 Å². The monoisotopic (exact) mass is 308 g/mol. The van der Waals surface area contributed by atoms with Crippen LogP contribution in [0.25, 0.3) is 0 Å². The van der Waals surface area contributed by atoms with Crippen molar-refractivity contribution in [2.75, 3.05) is 0 Å². The number of benzene rings is 1. The third kappa shape index (κ3) is 3.18. The highest BCUT2D eigenvalue weighted by Crippen LogP contribution is 2.42. The summed E-state index contributed by atoms with van der Waals surface area (Å²) in [6, 6.07) is 4.35. The second-order valence-corrected chi connectivity index (χ2v) is 6.83. The zero-order valence-corrected chi connectivity index (χ0v) is 13.6. The summed E-state index contributed by atoms with van der Waals surface area (Å²) in [7, 11) is -0.676. The van der Waals surface area contributed by atoms with Gasteiger partial charge in [-0.15, -0.1) is 0 Å². The van der Waals surface area contributed by atoms with Crippen molar-refractivity contribution in [3.63, 3.8) is 0 Å². The van der Waals surface area contributed by atoms with Crippen molar-refractivity contribution in [1.29, 1.82) is 0 Å². The fraction of sp³-hybridized carbons (Fsp3) is 0.562. The molecule has 0 aromatic heterocycles. The van der Waals surface area contributed by atoms with Gasteiger partial charge in [-0.25, -0.2) is 4.39 Å². The number of rotatable bonds is 4. The number of carboxylic acid groups (broad SMARTS) is 1. The first-order valence-electron chi connectivity index (χ1n) is 7.37. The van der Waals surface area contributed by atoms with E-state index in [1.165, 1.54) is 12.1 Å². The Morgan fingerprint density at radius 3 is 2.27 bits per heavy atom. The van der Waals surface area contributed by atoms with Gasteiger partial charge in [0.2, 0.25) is 0 Å². The zero-order chi connectivity index (χ0) is 16.7. The molecule has 1 N–H and O–H groups in total. The molecule has 0 saturated carbocycles. The molecule has 6 heteroatoms. The van der Waals surface area contributed by atoms with E-state index in [2.05, 4.69) is 0 Å². The molecule has 0 spiro atoms. The third-order valence-electron chi connectivity index (χ3n) is 4.63. The summed E-state index contributed by atoms with van der Waals surface area (Å²) in [6.07, 6.45) is -0.136. The van der Waals surface area contributed by atoms with Crippen molar-refractivity contribution in [1.82, 2.24) is 0 Å². The maximum atomic E-state index is 13.3. The fourth-order valence-electron chi connectivity index (χ4n) is 2.65. The second-order valence-electron chi connectivity index (χ2n) is 6.83. The van der Waals surface area contributed by atoms with Gasteiger partial charge in [0.15, 0.2) is 0 Å². The number of aliphatic carboxylic acids is 1. The van der Waals surface area contributed by atoms with E-state index >= 15 is 0 Å². The first-order chi connectivity index (χ1) is 10.0. The molecule has 1 heterocycles. The van der Waals surface area contributed by atoms with E-state index in [-0.39, 0.29) is 12.2 Å². The van der Waals surface area contributed by atoms with Crippen molar-refractivity contribution in [2.24, 2.45) is 0 Å². The van der Waals surface area contributed by atoms with Gasteiger partial charge in [-0.05, 0) is 57.9 Å². The molecule has 1 unspecified atom stereocenters. The van der Waals surface area contributed by atoms with Crippen LogP contribution < -0.4 is 0 Å². The predicted octanol–water partition coefficient (Wildman–Crippen LogP) is 3.32. The molecule has 22 heavy (non-hydrogen) atoms. The van der Waals surface area contributed by atoms with Gasteiger partial charge in [0.05, 0.1) is 17.6 Å².